The molecule has 76 valence electrons. The molecule has 4 heteroatoms. The fraction of sp³-hybridized carbons (Fsp3) is 0.0909. The molecule has 0 atom stereocenters. The van der Waals surface area contributed by atoms with Gasteiger partial charge in [0, 0.05) is 17.1 Å². The number of aromatic nitrogens is 1. The van der Waals surface area contributed by atoms with Crippen LogP contribution in [0.3, 0.4) is 0 Å². The molecule has 1 aromatic carbocycles. The highest BCUT2D eigenvalue weighted by atomic mass is 19.1. The summed E-state index contributed by atoms with van der Waals surface area (Å²) in [7, 11) is 0. The number of carbonyl (C=O) groups is 1. The van der Waals surface area contributed by atoms with Crippen LogP contribution in [0, 0.1) is 5.82 Å². The Hall–Kier alpha value is -1.97. The van der Waals surface area contributed by atoms with Gasteiger partial charge < -0.3 is 4.98 Å². The maximum atomic E-state index is 12.9. The number of Topliss-reactive ketones (excluding diaryl/α,β-unsaturated/α-hetero) is 1. The molecule has 2 aromatic rings. The van der Waals surface area contributed by atoms with Crippen LogP contribution in [-0.2, 0) is 0 Å². The number of fused-ring (bicyclic) bond motifs is 1. The smallest absolute Gasteiger partial charge is 0.200 e. The lowest BCUT2D eigenvalue weighted by molar-refractivity contribution is 0.101. The van der Waals surface area contributed by atoms with Gasteiger partial charge in [0.1, 0.15) is 5.82 Å². The minimum Gasteiger partial charge on any atom is -0.360 e. The van der Waals surface area contributed by atoms with Crippen LogP contribution in [0.1, 0.15) is 17.3 Å². The summed E-state index contributed by atoms with van der Waals surface area (Å²) in [4.78, 5) is 25.6. The fourth-order valence-corrected chi connectivity index (χ4v) is 1.45. The molecule has 15 heavy (non-hydrogen) atoms. The maximum absolute atomic E-state index is 12.9. The molecule has 0 fully saturated rings. The minimum atomic E-state index is -0.492. The highest BCUT2D eigenvalue weighted by Crippen LogP contribution is 2.10. The van der Waals surface area contributed by atoms with Gasteiger partial charge in [-0.05, 0) is 25.1 Å². The molecule has 3 nitrogen and oxygen atoms in total. The molecule has 1 heterocycles. The van der Waals surface area contributed by atoms with Gasteiger partial charge in [0.25, 0.3) is 0 Å². The van der Waals surface area contributed by atoms with Gasteiger partial charge in [-0.1, -0.05) is 0 Å². The standard InChI is InChI=1S/C11H8FNO2/c1-6(14)9-5-13-10-3-2-7(12)4-8(10)11(9)15/h2-5H,1H3,(H,13,15). The van der Waals surface area contributed by atoms with Crippen molar-refractivity contribution in [1.29, 1.82) is 0 Å². The van der Waals surface area contributed by atoms with E-state index in [1.807, 2.05) is 0 Å². The third-order valence-corrected chi connectivity index (χ3v) is 2.22. The lowest BCUT2D eigenvalue weighted by atomic mass is 10.1. The van der Waals surface area contributed by atoms with E-state index >= 15 is 0 Å². The Morgan fingerprint density at radius 1 is 1.40 bits per heavy atom. The third kappa shape index (κ3) is 1.54. The van der Waals surface area contributed by atoms with E-state index in [0.717, 1.165) is 6.07 Å². The molecule has 0 bridgehead atoms. The van der Waals surface area contributed by atoms with E-state index in [1.165, 1.54) is 25.3 Å². The van der Waals surface area contributed by atoms with Crippen molar-refractivity contribution in [3.05, 3.63) is 46.0 Å². The molecule has 0 aliphatic carbocycles. The second-order valence-corrected chi connectivity index (χ2v) is 3.28. The number of benzene rings is 1. The summed E-state index contributed by atoms with van der Waals surface area (Å²) in [6.45, 7) is 1.30. The Kier molecular flexibility index (Phi) is 2.11. The van der Waals surface area contributed by atoms with E-state index in [1.54, 1.807) is 0 Å². The van der Waals surface area contributed by atoms with Gasteiger partial charge in [0.05, 0.1) is 5.56 Å². The van der Waals surface area contributed by atoms with E-state index in [4.69, 9.17) is 0 Å². The first-order valence-corrected chi connectivity index (χ1v) is 4.41. The van der Waals surface area contributed by atoms with Gasteiger partial charge in [-0.3, -0.25) is 9.59 Å². The summed E-state index contributed by atoms with van der Waals surface area (Å²) in [6, 6.07) is 3.85. The van der Waals surface area contributed by atoms with E-state index in [-0.39, 0.29) is 16.7 Å². The quantitative estimate of drug-likeness (QED) is 0.722. The van der Waals surface area contributed by atoms with Crippen LogP contribution >= 0.6 is 0 Å². The second kappa shape index (κ2) is 3.31. The van der Waals surface area contributed by atoms with Crippen molar-refractivity contribution in [1.82, 2.24) is 4.98 Å². The Balaban J connectivity index is 2.89. The van der Waals surface area contributed by atoms with Crippen molar-refractivity contribution in [2.75, 3.05) is 0 Å². The van der Waals surface area contributed by atoms with Crippen molar-refractivity contribution in [3.8, 4) is 0 Å². The maximum Gasteiger partial charge on any atom is 0.200 e. The van der Waals surface area contributed by atoms with Crippen molar-refractivity contribution >= 4 is 16.7 Å². The first kappa shape index (κ1) is 9.58. The number of carbonyl (C=O) groups excluding carboxylic acids is 1. The second-order valence-electron chi connectivity index (χ2n) is 3.28. The summed E-state index contributed by atoms with van der Waals surface area (Å²) in [5.74, 6) is -0.823. The predicted molar refractivity (Wildman–Crippen MR) is 54.5 cm³/mol. The number of halogens is 1. The zero-order valence-corrected chi connectivity index (χ0v) is 8.00. The first-order valence-electron chi connectivity index (χ1n) is 4.41. The largest absolute Gasteiger partial charge is 0.360 e. The molecule has 0 saturated carbocycles. The monoisotopic (exact) mass is 205 g/mol. The lowest BCUT2D eigenvalue weighted by Crippen LogP contribution is -2.13. The zero-order chi connectivity index (χ0) is 11.0. The van der Waals surface area contributed by atoms with Crippen LogP contribution in [-0.4, -0.2) is 10.8 Å². The van der Waals surface area contributed by atoms with Gasteiger partial charge in [-0.25, -0.2) is 4.39 Å². The molecule has 0 aliphatic heterocycles. The van der Waals surface area contributed by atoms with Crippen LogP contribution in [0.4, 0.5) is 4.39 Å². The molecule has 2 rings (SSSR count). The van der Waals surface area contributed by atoms with Crippen molar-refractivity contribution in [2.24, 2.45) is 0 Å². The summed E-state index contributed by atoms with van der Waals surface area (Å²) in [6.07, 6.45) is 1.35. The molecule has 1 N–H and O–H groups in total. The van der Waals surface area contributed by atoms with Crippen molar-refractivity contribution in [3.63, 3.8) is 0 Å². The molecule has 0 aliphatic rings. The third-order valence-electron chi connectivity index (χ3n) is 2.22. The highest BCUT2D eigenvalue weighted by molar-refractivity contribution is 5.96. The van der Waals surface area contributed by atoms with Gasteiger partial charge in [-0.15, -0.1) is 0 Å². The average molecular weight is 205 g/mol. The Morgan fingerprint density at radius 3 is 2.80 bits per heavy atom. The number of H-pyrrole nitrogens is 1. The Morgan fingerprint density at radius 2 is 2.13 bits per heavy atom. The lowest BCUT2D eigenvalue weighted by Gasteiger charge is -1.99. The summed E-state index contributed by atoms with van der Waals surface area (Å²) >= 11 is 0. The van der Waals surface area contributed by atoms with Crippen LogP contribution in [0.25, 0.3) is 10.9 Å². The van der Waals surface area contributed by atoms with Crippen LogP contribution in [0.15, 0.2) is 29.2 Å². The number of hydrogen-bond donors (Lipinski definition) is 1. The van der Waals surface area contributed by atoms with Gasteiger partial charge in [0.2, 0.25) is 0 Å². The summed E-state index contributed by atoms with van der Waals surface area (Å²) < 4.78 is 12.9. The predicted octanol–water partition coefficient (Wildman–Crippen LogP) is 1.87. The Bertz CT molecular complexity index is 601. The van der Waals surface area contributed by atoms with Gasteiger partial charge in [0.15, 0.2) is 11.2 Å². The number of nitrogens with one attached hydrogen (secondary N) is 1. The van der Waals surface area contributed by atoms with E-state index in [9.17, 15) is 14.0 Å². The number of hydrogen-bond acceptors (Lipinski definition) is 2. The zero-order valence-electron chi connectivity index (χ0n) is 8.00. The normalized spacial score (nSPS) is 10.5. The Labute approximate surface area is 84.6 Å². The summed E-state index contributed by atoms with van der Waals surface area (Å²) in [5, 5.41) is 0.197. The van der Waals surface area contributed by atoms with Crippen LogP contribution in [0.5, 0.6) is 0 Å². The van der Waals surface area contributed by atoms with Crippen LogP contribution in [0.2, 0.25) is 0 Å². The highest BCUT2D eigenvalue weighted by Gasteiger charge is 2.08. The summed E-state index contributed by atoms with van der Waals surface area (Å²) in [5.41, 5.74) is 0.134. The topological polar surface area (TPSA) is 49.9 Å². The first-order chi connectivity index (χ1) is 7.09. The van der Waals surface area contributed by atoms with E-state index < -0.39 is 11.2 Å². The van der Waals surface area contributed by atoms with E-state index in [0.29, 0.717) is 5.52 Å². The number of aromatic amines is 1. The van der Waals surface area contributed by atoms with Gasteiger partial charge in [-0.2, -0.15) is 0 Å². The number of rotatable bonds is 1. The van der Waals surface area contributed by atoms with Crippen molar-refractivity contribution < 1.29 is 9.18 Å². The molecule has 0 spiro atoms. The number of pyridine rings is 1. The molecule has 0 unspecified atom stereocenters. The molecule has 1 aromatic heterocycles. The van der Waals surface area contributed by atoms with E-state index in [2.05, 4.69) is 4.98 Å². The molecule has 0 saturated heterocycles. The minimum absolute atomic E-state index is 0.0492. The number of ketones is 1. The van der Waals surface area contributed by atoms with Crippen LogP contribution < -0.4 is 5.43 Å². The molecular weight excluding hydrogens is 197 g/mol. The molecule has 0 amide bonds. The average Bonchev–Trinajstić information content (AvgIpc) is 2.19. The fourth-order valence-electron chi connectivity index (χ4n) is 1.45. The van der Waals surface area contributed by atoms with Gasteiger partial charge >= 0.3 is 0 Å². The van der Waals surface area contributed by atoms with Crippen molar-refractivity contribution in [2.45, 2.75) is 6.92 Å². The molecular formula is C11H8FNO2. The molecule has 0 radical (unpaired) electrons. The SMILES string of the molecule is CC(=O)c1c[nH]c2ccc(F)cc2c1=O.